The van der Waals surface area contributed by atoms with Crippen molar-refractivity contribution in [3.05, 3.63) is 119 Å². The van der Waals surface area contributed by atoms with Gasteiger partial charge in [-0.2, -0.15) is 0 Å². The van der Waals surface area contributed by atoms with E-state index in [-0.39, 0.29) is 22.8 Å². The monoisotopic (exact) mass is 580 g/mol. The first-order valence-electron chi connectivity index (χ1n) is 12.5. The van der Waals surface area contributed by atoms with E-state index in [9.17, 15) is 9.36 Å². The number of hydrogen-bond acceptors (Lipinski definition) is 3. The summed E-state index contributed by atoms with van der Waals surface area (Å²) in [6.07, 6.45) is 0. The molecule has 0 aliphatic carbocycles. The van der Waals surface area contributed by atoms with Crippen LogP contribution in [0.2, 0.25) is 0 Å². The van der Waals surface area contributed by atoms with Crippen LogP contribution >= 0.6 is 7.29 Å². The maximum absolute atomic E-state index is 14.1. The fourth-order valence-corrected chi connectivity index (χ4v) is 6.25. The van der Waals surface area contributed by atoms with Crippen LogP contribution in [-0.2, 0) is 9.30 Å². The zero-order valence-corrected chi connectivity index (χ0v) is 23.8. The lowest BCUT2D eigenvalue weighted by molar-refractivity contribution is -0.915. The van der Waals surface area contributed by atoms with Gasteiger partial charge in [0, 0.05) is 28.3 Å². The molecule has 5 nitrogen and oxygen atoms in total. The molecule has 0 aromatic heterocycles. The van der Waals surface area contributed by atoms with Crippen LogP contribution in [0.4, 0.5) is 0 Å². The average molecular weight is 581 g/mol. The third kappa shape index (κ3) is 7.39. The summed E-state index contributed by atoms with van der Waals surface area (Å²) >= 11 is 0. The molecule has 3 aromatic carbocycles. The van der Waals surface area contributed by atoms with Crippen LogP contribution in [0.5, 0.6) is 0 Å². The first-order valence-corrected chi connectivity index (χ1v) is 14.3. The van der Waals surface area contributed by atoms with Gasteiger partial charge in [-0.3, -0.25) is 14.4 Å². The van der Waals surface area contributed by atoms with Crippen molar-refractivity contribution < 1.29 is 35.6 Å². The second-order valence-corrected chi connectivity index (χ2v) is 11.3. The number of rotatable bonds is 11. The lowest BCUT2D eigenvalue weighted by Crippen LogP contribution is -3.00. The van der Waals surface area contributed by atoms with Crippen LogP contribution < -0.4 is 22.1 Å². The zero-order chi connectivity index (χ0) is 25.4. The van der Waals surface area contributed by atoms with Gasteiger partial charge >= 0.3 is 0 Å². The van der Waals surface area contributed by atoms with Crippen LogP contribution in [0.15, 0.2) is 103 Å². The van der Waals surface area contributed by atoms with Crippen LogP contribution in [-0.4, -0.2) is 43.0 Å². The molecule has 0 saturated carbocycles. The van der Waals surface area contributed by atoms with Crippen molar-refractivity contribution in [1.82, 2.24) is 5.09 Å². The second kappa shape index (κ2) is 13.2. The van der Waals surface area contributed by atoms with Gasteiger partial charge in [-0.25, -0.2) is 0 Å². The Hall–Kier alpha value is -2.76. The molecule has 7 heteroatoms. The number of halogens is 1. The molecule has 0 spiro atoms. The highest BCUT2D eigenvalue weighted by molar-refractivity contribution is 7.68. The van der Waals surface area contributed by atoms with Crippen molar-refractivity contribution >= 4 is 24.6 Å². The summed E-state index contributed by atoms with van der Waals surface area (Å²) in [5, 5.41) is 3.33. The Morgan fingerprint density at radius 1 is 0.784 bits per heavy atom. The molecule has 1 heterocycles. The van der Waals surface area contributed by atoms with Crippen LogP contribution in [0, 0.1) is 0 Å². The summed E-state index contributed by atoms with van der Waals surface area (Å²) in [6.45, 7) is 7.49. The molecular weight excluding hydrogens is 547 g/mol. The highest BCUT2D eigenvalue weighted by atomic mass is 79.9. The van der Waals surface area contributed by atoms with Crippen molar-refractivity contribution in [3.8, 4) is 0 Å². The number of ether oxygens (including phenoxy) is 1. The molecule has 4 rings (SSSR count). The highest BCUT2D eigenvalue weighted by Crippen LogP contribution is 2.53. The minimum Gasteiger partial charge on any atom is -1.00 e. The fourth-order valence-electron chi connectivity index (χ4n) is 4.44. The SMILES string of the molecule is CC[N+](CC)(CCNP1(=O)C=C(c2ccccc2)OC(c2ccccc2)=C1)CC(=O)c1ccccc1.[Br-]. The molecule has 0 atom stereocenters. The van der Waals surface area contributed by atoms with E-state index in [1.807, 2.05) is 91.0 Å². The topological polar surface area (TPSA) is 55.4 Å². The Kier molecular flexibility index (Phi) is 10.2. The Balaban J connectivity index is 0.00000380. The number of ketones is 1. The molecule has 37 heavy (non-hydrogen) atoms. The van der Waals surface area contributed by atoms with Gasteiger partial charge < -0.3 is 26.2 Å². The number of carbonyl (C=O) groups is 1. The highest BCUT2D eigenvalue weighted by Gasteiger charge is 2.30. The molecule has 194 valence electrons. The molecule has 0 amide bonds. The second-order valence-electron chi connectivity index (χ2n) is 9.08. The van der Waals surface area contributed by atoms with Gasteiger partial charge in [0.15, 0.2) is 7.29 Å². The molecule has 0 saturated heterocycles. The first-order chi connectivity index (χ1) is 17.5. The third-order valence-corrected chi connectivity index (χ3v) is 8.77. The van der Waals surface area contributed by atoms with E-state index in [4.69, 9.17) is 4.74 Å². The lowest BCUT2D eigenvalue weighted by atomic mass is 10.1. The summed E-state index contributed by atoms with van der Waals surface area (Å²) in [5.41, 5.74) is 2.49. The smallest absolute Gasteiger partial charge is 0.216 e. The number of nitrogens with one attached hydrogen (secondary N) is 1. The largest absolute Gasteiger partial charge is 1.00 e. The third-order valence-electron chi connectivity index (χ3n) is 6.82. The maximum atomic E-state index is 14.1. The summed E-state index contributed by atoms with van der Waals surface area (Å²) in [7, 11) is -3.05. The van der Waals surface area contributed by atoms with Crippen molar-refractivity contribution in [2.45, 2.75) is 13.8 Å². The summed E-state index contributed by atoms with van der Waals surface area (Å²) in [4.78, 5) is 13.0. The molecule has 0 radical (unpaired) electrons. The van der Waals surface area contributed by atoms with E-state index in [1.165, 1.54) is 0 Å². The van der Waals surface area contributed by atoms with Gasteiger partial charge in [0.25, 0.3) is 0 Å². The molecule has 1 aliphatic rings. The van der Waals surface area contributed by atoms with Crippen LogP contribution in [0.3, 0.4) is 0 Å². The summed E-state index contributed by atoms with van der Waals surface area (Å²) in [5.74, 6) is 4.74. The molecule has 0 bridgehead atoms. The van der Waals surface area contributed by atoms with Crippen LogP contribution in [0.1, 0.15) is 35.3 Å². The number of likely N-dealkylation sites (N-methyl/N-ethyl adjacent to an activating group) is 1. The molecular formula is C30H34BrN2O3P. The average Bonchev–Trinajstić information content (AvgIpc) is 2.93. The number of nitrogens with zero attached hydrogens (tertiary/aromatic N) is 1. The number of benzene rings is 3. The minimum atomic E-state index is -3.05. The number of quaternary nitrogens is 1. The standard InChI is InChI=1S/C30H34N2O3P.BrH/c1-3-32(4-2,22-28(33)25-14-8-5-9-15-25)21-20-31-36(34)23-29(26-16-10-6-11-17-26)35-30(24-36)27-18-12-7-13-19-27;/h5-19,23-24H,3-4,20-22H2,1-2H3,(H,31,34);1H/q+1;/p-1. The molecule has 0 fully saturated rings. The van der Waals surface area contributed by atoms with E-state index < -0.39 is 7.29 Å². The fraction of sp³-hybridized carbons (Fsp3) is 0.233. The first kappa shape index (κ1) is 28.8. The van der Waals surface area contributed by atoms with E-state index in [2.05, 4.69) is 18.9 Å². The number of Topliss-reactive ketones (excluding diaryl/α,β-unsaturated/α-hetero) is 1. The van der Waals surface area contributed by atoms with Gasteiger partial charge in [0.05, 0.1) is 26.2 Å². The Morgan fingerprint density at radius 2 is 1.24 bits per heavy atom. The normalized spacial score (nSPS) is 14.5. The minimum absolute atomic E-state index is 0. The summed E-state index contributed by atoms with van der Waals surface area (Å²) < 4.78 is 20.9. The van der Waals surface area contributed by atoms with E-state index in [1.54, 1.807) is 11.6 Å². The predicted molar refractivity (Wildman–Crippen MR) is 147 cm³/mol. The summed E-state index contributed by atoms with van der Waals surface area (Å²) in [6, 6.07) is 28.9. The number of hydrogen-bond donors (Lipinski definition) is 1. The maximum Gasteiger partial charge on any atom is 0.216 e. The van der Waals surface area contributed by atoms with Gasteiger partial charge in [0.1, 0.15) is 18.1 Å². The van der Waals surface area contributed by atoms with Gasteiger partial charge in [-0.1, -0.05) is 91.0 Å². The van der Waals surface area contributed by atoms with Gasteiger partial charge in [0.2, 0.25) is 5.78 Å². The van der Waals surface area contributed by atoms with Crippen molar-refractivity contribution in [2.75, 3.05) is 32.7 Å². The van der Waals surface area contributed by atoms with Gasteiger partial charge in [-0.05, 0) is 13.8 Å². The Morgan fingerprint density at radius 3 is 1.70 bits per heavy atom. The quantitative estimate of drug-likeness (QED) is 0.214. The van der Waals surface area contributed by atoms with E-state index in [0.717, 1.165) is 29.8 Å². The predicted octanol–water partition coefficient (Wildman–Crippen LogP) is 3.63. The van der Waals surface area contributed by atoms with E-state index in [0.29, 0.717) is 35.6 Å². The number of carbonyl (C=O) groups excluding carboxylic acids is 1. The van der Waals surface area contributed by atoms with Crippen molar-refractivity contribution in [2.24, 2.45) is 0 Å². The molecule has 1 aliphatic heterocycles. The molecule has 0 unspecified atom stereocenters. The lowest BCUT2D eigenvalue weighted by Gasteiger charge is -2.36. The van der Waals surface area contributed by atoms with E-state index >= 15 is 0 Å². The Bertz CT molecular complexity index is 1210. The zero-order valence-electron chi connectivity index (χ0n) is 21.3. The van der Waals surface area contributed by atoms with Crippen molar-refractivity contribution in [3.63, 3.8) is 0 Å². The van der Waals surface area contributed by atoms with Crippen molar-refractivity contribution in [1.29, 1.82) is 0 Å². The Labute approximate surface area is 230 Å². The molecule has 3 aromatic rings. The van der Waals surface area contributed by atoms with Gasteiger partial charge in [-0.15, -0.1) is 0 Å². The van der Waals surface area contributed by atoms with Crippen LogP contribution in [0.25, 0.3) is 11.5 Å². The molecule has 1 N–H and O–H groups in total.